The number of fused-ring (bicyclic) bond motifs is 1. The number of carbonyl (C=O) groups excluding carboxylic acids is 1. The number of amidine groups is 1. The van der Waals surface area contributed by atoms with Crippen LogP contribution in [0.2, 0.25) is 0 Å². The number of likely N-dealkylation sites (tertiary alicyclic amines) is 1. The normalized spacial score (nSPS) is 19.5. The number of carboxylic acid groups (broad SMARTS) is 1. The Hall–Kier alpha value is -3.80. The number of methoxy groups -OCH3 is 1. The van der Waals surface area contributed by atoms with Gasteiger partial charge in [-0.15, -0.1) is 0 Å². The van der Waals surface area contributed by atoms with Gasteiger partial charge in [0.2, 0.25) is 0 Å². The molecule has 0 spiro atoms. The highest BCUT2D eigenvalue weighted by atomic mass is 32.2. The molecule has 2 aliphatic heterocycles. The number of alkyl halides is 3. The molecule has 2 N–H and O–H groups in total. The minimum atomic E-state index is -4.65. The van der Waals surface area contributed by atoms with Crippen LogP contribution in [0.25, 0.3) is 16.5 Å². The van der Waals surface area contributed by atoms with Gasteiger partial charge in [0.1, 0.15) is 11.8 Å². The third-order valence-corrected chi connectivity index (χ3v) is 7.55. The Balaban J connectivity index is 1.61. The molecule has 12 heteroatoms. The van der Waals surface area contributed by atoms with Gasteiger partial charge in [0, 0.05) is 11.9 Å². The zero-order valence-corrected chi connectivity index (χ0v) is 20.3. The van der Waals surface area contributed by atoms with Crippen molar-refractivity contribution in [3.05, 3.63) is 64.2 Å². The van der Waals surface area contributed by atoms with Crippen molar-refractivity contribution >= 4 is 45.3 Å². The zero-order chi connectivity index (χ0) is 26.3. The number of H-pyrrole nitrogens is 1. The van der Waals surface area contributed by atoms with Gasteiger partial charge in [0.15, 0.2) is 5.17 Å². The van der Waals surface area contributed by atoms with Crippen molar-refractivity contribution < 1.29 is 32.6 Å². The van der Waals surface area contributed by atoms with Crippen LogP contribution in [-0.2, 0) is 22.2 Å². The number of rotatable bonds is 5. The second kappa shape index (κ2) is 9.58. The van der Waals surface area contributed by atoms with E-state index in [-0.39, 0.29) is 27.8 Å². The third kappa shape index (κ3) is 4.80. The molecule has 5 rings (SSSR count). The van der Waals surface area contributed by atoms with Crippen molar-refractivity contribution in [2.75, 3.05) is 13.7 Å². The van der Waals surface area contributed by atoms with E-state index < -0.39 is 29.7 Å². The number of hydrogen-bond acceptors (Lipinski definition) is 6. The number of nitrogens with zero attached hydrogens (tertiary/aromatic N) is 3. The van der Waals surface area contributed by atoms with E-state index >= 15 is 0 Å². The number of aliphatic carboxylic acids is 1. The second-order valence-corrected chi connectivity index (χ2v) is 9.65. The highest BCUT2D eigenvalue weighted by Crippen LogP contribution is 2.41. The molecule has 0 saturated carbocycles. The third-order valence-electron chi connectivity index (χ3n) is 6.42. The number of aliphatic imine (C=N–C) groups is 1. The summed E-state index contributed by atoms with van der Waals surface area (Å²) in [5, 5.41) is 17.4. The van der Waals surface area contributed by atoms with Crippen LogP contribution in [0.3, 0.4) is 0 Å². The molecule has 1 aromatic heterocycles. The minimum absolute atomic E-state index is 0.0328. The molecule has 0 radical (unpaired) electrons. The Labute approximate surface area is 213 Å². The largest absolute Gasteiger partial charge is 0.497 e. The van der Waals surface area contributed by atoms with Gasteiger partial charge >= 0.3 is 12.1 Å². The fourth-order valence-corrected chi connectivity index (χ4v) is 5.69. The average molecular weight is 531 g/mol. The first-order chi connectivity index (χ1) is 17.7. The SMILES string of the molecule is COc1ccc(CC(=C2SC(N3CCC[C@@H]3C(=O)O)=NC2=O)c2ccc3[nH]ncc3c2)c(C(F)(F)F)c1. The van der Waals surface area contributed by atoms with Crippen LogP contribution in [0.15, 0.2) is 52.5 Å². The molecule has 1 atom stereocenters. The molecule has 2 aliphatic rings. The van der Waals surface area contributed by atoms with E-state index in [0.717, 1.165) is 28.7 Å². The first-order valence-corrected chi connectivity index (χ1v) is 12.2. The van der Waals surface area contributed by atoms with Crippen LogP contribution in [0.1, 0.15) is 29.5 Å². The number of carbonyl (C=O) groups is 2. The maximum atomic E-state index is 14.0. The van der Waals surface area contributed by atoms with Crippen LogP contribution in [0.4, 0.5) is 13.2 Å². The molecule has 1 fully saturated rings. The molecule has 3 aromatic rings. The predicted molar refractivity (Wildman–Crippen MR) is 132 cm³/mol. The van der Waals surface area contributed by atoms with Gasteiger partial charge in [-0.05, 0) is 72.0 Å². The maximum Gasteiger partial charge on any atom is 0.416 e. The van der Waals surface area contributed by atoms with Crippen LogP contribution in [0, 0.1) is 0 Å². The summed E-state index contributed by atoms with van der Waals surface area (Å²) in [5.41, 5.74) is 0.739. The van der Waals surface area contributed by atoms with E-state index in [4.69, 9.17) is 4.74 Å². The highest BCUT2D eigenvalue weighted by molar-refractivity contribution is 8.18. The molecule has 37 heavy (non-hydrogen) atoms. The number of ether oxygens (including phenoxy) is 1. The Bertz CT molecular complexity index is 1460. The monoisotopic (exact) mass is 530 g/mol. The van der Waals surface area contributed by atoms with Crippen molar-refractivity contribution in [2.45, 2.75) is 31.5 Å². The molecule has 3 heterocycles. The molecule has 0 aliphatic carbocycles. The lowest BCUT2D eigenvalue weighted by atomic mass is 9.93. The summed E-state index contributed by atoms with van der Waals surface area (Å²) >= 11 is 1.00. The van der Waals surface area contributed by atoms with Gasteiger partial charge in [-0.25, -0.2) is 4.79 Å². The number of aromatic nitrogens is 2. The van der Waals surface area contributed by atoms with Crippen molar-refractivity contribution in [3.63, 3.8) is 0 Å². The number of thioether (sulfide) groups is 1. The fourth-order valence-electron chi connectivity index (χ4n) is 4.60. The van der Waals surface area contributed by atoms with E-state index in [0.29, 0.717) is 30.5 Å². The highest BCUT2D eigenvalue weighted by Gasteiger charge is 2.39. The zero-order valence-electron chi connectivity index (χ0n) is 19.5. The van der Waals surface area contributed by atoms with Gasteiger partial charge in [-0.2, -0.15) is 23.3 Å². The van der Waals surface area contributed by atoms with Crippen molar-refractivity contribution in [2.24, 2.45) is 4.99 Å². The number of allylic oxidation sites excluding steroid dienone is 1. The van der Waals surface area contributed by atoms with Gasteiger partial charge in [-0.1, -0.05) is 12.1 Å². The molecule has 1 saturated heterocycles. The quantitative estimate of drug-likeness (QED) is 0.460. The molecule has 8 nitrogen and oxygen atoms in total. The number of nitrogens with one attached hydrogen (secondary N) is 1. The first-order valence-electron chi connectivity index (χ1n) is 11.4. The molecule has 1 amide bonds. The molecule has 0 bridgehead atoms. The first kappa shape index (κ1) is 24.9. The van der Waals surface area contributed by atoms with E-state index in [1.165, 1.54) is 19.2 Å². The Morgan fingerprint density at radius 1 is 1.27 bits per heavy atom. The molecular formula is C25H21F3N4O4S. The summed E-state index contributed by atoms with van der Waals surface area (Å²) in [7, 11) is 1.29. The van der Waals surface area contributed by atoms with Crippen LogP contribution in [-0.4, -0.2) is 56.9 Å². The van der Waals surface area contributed by atoms with Crippen molar-refractivity contribution in [3.8, 4) is 5.75 Å². The maximum absolute atomic E-state index is 14.0. The smallest absolute Gasteiger partial charge is 0.416 e. The Kier molecular flexibility index (Phi) is 6.44. The molecule has 2 aromatic carbocycles. The second-order valence-electron chi connectivity index (χ2n) is 8.67. The Morgan fingerprint density at radius 3 is 2.81 bits per heavy atom. The standard InChI is InChI=1S/C25H21F3N4O4S/c1-36-16-6-4-14(18(11-16)25(26,27)28)10-17(13-5-7-19-15(9-13)12-29-31-19)21-22(33)30-24(37-21)32-8-2-3-20(32)23(34)35/h4-7,9,11-12,20H,2-3,8,10H2,1H3,(H,29,31)(H,34,35)/t20-/m1/s1. The summed E-state index contributed by atoms with van der Waals surface area (Å²) in [4.78, 5) is 30.6. The van der Waals surface area contributed by atoms with E-state index in [1.807, 2.05) is 0 Å². The van der Waals surface area contributed by atoms with Gasteiger partial charge in [-0.3, -0.25) is 9.89 Å². The number of hydrogen-bond donors (Lipinski definition) is 2. The van der Waals surface area contributed by atoms with Gasteiger partial charge in [0.05, 0.1) is 29.3 Å². The van der Waals surface area contributed by atoms with Crippen LogP contribution in [0.5, 0.6) is 5.75 Å². The summed E-state index contributed by atoms with van der Waals surface area (Å²) in [6, 6.07) is 8.11. The van der Waals surface area contributed by atoms with Gasteiger partial charge < -0.3 is 14.7 Å². The lowest BCUT2D eigenvalue weighted by Gasteiger charge is -2.22. The summed E-state index contributed by atoms with van der Waals surface area (Å²) in [6.45, 7) is 0.427. The van der Waals surface area contributed by atoms with E-state index in [2.05, 4.69) is 15.2 Å². The average Bonchev–Trinajstić information content (AvgIpc) is 3.61. The van der Waals surface area contributed by atoms with Crippen LogP contribution < -0.4 is 4.74 Å². The van der Waals surface area contributed by atoms with Crippen molar-refractivity contribution in [1.29, 1.82) is 0 Å². The lowest BCUT2D eigenvalue weighted by molar-refractivity contribution is -0.141. The van der Waals surface area contributed by atoms with Crippen molar-refractivity contribution in [1.82, 2.24) is 15.1 Å². The summed E-state index contributed by atoms with van der Waals surface area (Å²) in [5.74, 6) is -1.56. The predicted octanol–water partition coefficient (Wildman–Crippen LogP) is 4.72. The lowest BCUT2D eigenvalue weighted by Crippen LogP contribution is -2.38. The minimum Gasteiger partial charge on any atom is -0.497 e. The number of benzene rings is 2. The van der Waals surface area contributed by atoms with E-state index in [9.17, 15) is 27.9 Å². The number of aromatic amines is 1. The van der Waals surface area contributed by atoms with Gasteiger partial charge in [0.25, 0.3) is 5.91 Å². The molecular weight excluding hydrogens is 509 g/mol. The van der Waals surface area contributed by atoms with Crippen LogP contribution >= 0.6 is 11.8 Å². The molecule has 0 unspecified atom stereocenters. The number of amides is 1. The topological polar surface area (TPSA) is 108 Å². The fraction of sp³-hybridized carbons (Fsp3) is 0.280. The molecule has 192 valence electrons. The number of halogens is 3. The number of carboxylic acids is 1. The summed E-state index contributed by atoms with van der Waals surface area (Å²) in [6.07, 6.45) is -2.21. The van der Waals surface area contributed by atoms with E-state index in [1.54, 1.807) is 29.3 Å². The Morgan fingerprint density at radius 2 is 2.08 bits per heavy atom. The summed E-state index contributed by atoms with van der Waals surface area (Å²) < 4.78 is 46.9.